The van der Waals surface area contributed by atoms with Gasteiger partial charge in [-0.1, -0.05) is 468 Å². The maximum Gasteiger partial charge on any atom is 0.311 e. The molecule has 2 heterocycles. The summed E-state index contributed by atoms with van der Waals surface area (Å²) in [5, 5.41) is 25.8. The fraction of sp³-hybridized carbons (Fsp3) is 0.969. The van der Waals surface area contributed by atoms with Crippen LogP contribution < -0.4 is 0 Å². The van der Waals surface area contributed by atoms with E-state index in [0.29, 0.717) is 37.0 Å². The summed E-state index contributed by atoms with van der Waals surface area (Å²) in [4.78, 5) is 43.1. The molecule has 2 saturated heterocycles. The lowest BCUT2D eigenvalue weighted by atomic mass is 9.52. The van der Waals surface area contributed by atoms with Crippen molar-refractivity contribution in [1.82, 2.24) is 19.6 Å². The van der Waals surface area contributed by atoms with Crippen molar-refractivity contribution in [1.29, 1.82) is 0 Å². The van der Waals surface area contributed by atoms with Crippen LogP contribution in [0.25, 0.3) is 0 Å². The van der Waals surface area contributed by atoms with Crippen molar-refractivity contribution in [2.24, 2.45) is 59.2 Å². The van der Waals surface area contributed by atoms with E-state index in [1.54, 1.807) is 11.8 Å². The Kier molecular flexibility index (Phi) is 73.8. The van der Waals surface area contributed by atoms with Gasteiger partial charge >= 0.3 is 11.9 Å². The highest BCUT2D eigenvalue weighted by molar-refractivity contribution is 5.72. The molecule has 10 heteroatoms. The summed E-state index contributed by atoms with van der Waals surface area (Å²) in [6.07, 6.45) is 109. The number of carboxylic acids is 2. The van der Waals surface area contributed by atoms with E-state index in [4.69, 9.17) is 9.47 Å². The third kappa shape index (κ3) is 49.4. The minimum absolute atomic E-state index is 0.0509. The van der Waals surface area contributed by atoms with Gasteiger partial charge in [0, 0.05) is 36.0 Å². The molecule has 6 aliphatic rings. The molecule has 6 rings (SSSR count). The second kappa shape index (κ2) is 81.4. The van der Waals surface area contributed by atoms with Crippen LogP contribution in [0.15, 0.2) is 0 Å². The molecule has 18 unspecified atom stereocenters. The fourth-order valence-corrected chi connectivity index (χ4v) is 28.2. The predicted octanol–water partition coefficient (Wildman–Crippen LogP) is 38.1. The van der Waals surface area contributed by atoms with Gasteiger partial charge in [-0.2, -0.15) is 0 Å². The number of ether oxygens (including phenoxy) is 2. The van der Waals surface area contributed by atoms with Crippen LogP contribution in [-0.4, -0.2) is 143 Å². The monoisotopic (exact) mass is 1920 g/mol. The first-order chi connectivity index (χ1) is 67.3. The van der Waals surface area contributed by atoms with Crippen LogP contribution >= 0.6 is 0 Å². The van der Waals surface area contributed by atoms with Crippen molar-refractivity contribution >= 4 is 11.9 Å². The Hall–Kier alpha value is -1.56. The highest BCUT2D eigenvalue weighted by Gasteiger charge is 2.67. The minimum atomic E-state index is -0.634. The molecule has 0 aromatic rings. The van der Waals surface area contributed by atoms with Gasteiger partial charge < -0.3 is 39.3 Å². The maximum absolute atomic E-state index is 16.2. The number of aliphatic carboxylic acids is 2. The molecule has 0 aromatic heterocycles. The maximum atomic E-state index is 16.2. The van der Waals surface area contributed by atoms with Crippen LogP contribution in [-0.2, 0) is 19.1 Å². The average molecular weight is 1920 g/mol. The van der Waals surface area contributed by atoms with Gasteiger partial charge in [0.1, 0.15) is 77.7 Å². The third-order valence-corrected chi connectivity index (χ3v) is 36.6. The number of nitrogens with zero attached hydrogens (tertiary/aromatic N) is 4. The van der Waals surface area contributed by atoms with E-state index >= 15 is 9.59 Å². The number of rotatable bonds is 94. The van der Waals surface area contributed by atoms with E-state index < -0.39 is 23.8 Å². The Labute approximate surface area is 856 Å². The molecule has 6 fully saturated rings. The Morgan fingerprint density at radius 2 is 0.416 bits per heavy atom. The zero-order valence-electron chi connectivity index (χ0n) is 94.5. The Morgan fingerprint density at radius 3 is 0.599 bits per heavy atom. The fourth-order valence-electron chi connectivity index (χ4n) is 28.2. The van der Waals surface area contributed by atoms with E-state index in [2.05, 4.69) is 103 Å². The lowest BCUT2D eigenvalue weighted by molar-refractivity contribution is -0.167. The molecule has 2 aliphatic heterocycles. The molecule has 10 nitrogen and oxygen atoms in total. The van der Waals surface area contributed by atoms with Crippen LogP contribution in [0.3, 0.4) is 0 Å². The largest absolute Gasteiger partial charge is 0.481 e. The van der Waals surface area contributed by atoms with Gasteiger partial charge in [0.25, 0.3) is 0 Å². The second-order valence-electron chi connectivity index (χ2n) is 47.5. The van der Waals surface area contributed by atoms with Crippen LogP contribution in [0.4, 0.5) is 0 Å². The smallest absolute Gasteiger partial charge is 0.311 e. The molecule has 0 amide bonds. The molecular weight excluding hydrogens is 1680 g/mol. The zero-order chi connectivity index (χ0) is 98.2. The quantitative estimate of drug-likeness (QED) is 0.0452. The molecule has 4 saturated carbocycles. The van der Waals surface area contributed by atoms with Crippen molar-refractivity contribution in [3.05, 3.63) is 11.8 Å². The van der Waals surface area contributed by atoms with E-state index in [9.17, 15) is 10.2 Å². The Balaban J connectivity index is 1.32. The number of hydrogen-bond donors (Lipinski definition) is 2. The standard InChI is InChI=1S/C127H240N4O6/c1-13-25-35-37-39-41-43-45-47-49-51-53-55-57-59-61-63-65-67-69-71-73-75-77-79-81-83-106(23-11)122(124-113-89-85-108(128(93-27-15-3)94-28-16-4)102-118(113)136-119-103-109(86-90-114(119)124)129(95-29-17-5)96-30-18-6)117(127(134)135)101-107(84-82-80-78-76-74-72-70-68-66-64-62-60-58-56-54-52-50-48-46-44-42-40-38-36-26-14-2)123(112(24-12)126(132)133)125-115-91-87-110(130(97-31-19-7)98-32-20-8)104-120(115)137-121-105-111(88-92-116(121)125)131(99-33-21-9)100-34-22-10/h106-123H,13-105H2,1-12H3/p+2. The Bertz CT molecular complexity index is 2610. The topological polar surface area (TPSA) is 106 Å². The lowest BCUT2D eigenvalue weighted by Crippen LogP contribution is -2.59. The van der Waals surface area contributed by atoms with E-state index in [0.717, 1.165) is 149 Å². The van der Waals surface area contributed by atoms with Gasteiger partial charge in [-0.15, -0.1) is 0 Å². The van der Waals surface area contributed by atoms with Gasteiger partial charge in [-0.05, 0) is 213 Å². The summed E-state index contributed by atoms with van der Waals surface area (Å²) >= 11 is 0. The number of fused-ring (bicyclic) bond motifs is 4. The van der Waals surface area contributed by atoms with Crippen molar-refractivity contribution < 1.29 is 29.3 Å². The van der Waals surface area contributed by atoms with Gasteiger partial charge in [0.2, 0.25) is 0 Å². The van der Waals surface area contributed by atoms with Gasteiger partial charge in [-0.25, -0.2) is 0 Å². The number of carbonyl (C=O) groups is 2. The SMILES string of the molecule is CCCCCCCCCCCCCCCCCCCCCCCCCCCCC(CC(C(=O)O)C([C+]1C2CCC(N(CCCC)CCCC)CC2OC2CC(N(CCCC)CCCC)CCC12)C(CC)CCCCCCCCCCCCCCCCCCCCCCCCCCCC)C([C+]1C2CCC(N(CCCC)CCCC)CC2OC2CC(N(CCCC)CCCC)CCC12)C(CC)C(=O)O. The summed E-state index contributed by atoms with van der Waals surface area (Å²) in [6.45, 7) is 37.5. The van der Waals surface area contributed by atoms with E-state index in [1.807, 2.05) is 0 Å². The van der Waals surface area contributed by atoms with Gasteiger partial charge in [0.05, 0.1) is 5.92 Å². The molecular formula is C127H242N4O6+2. The normalized spacial score (nSPS) is 23.3. The van der Waals surface area contributed by atoms with Gasteiger partial charge in [0.15, 0.2) is 0 Å². The van der Waals surface area contributed by atoms with E-state index in [1.165, 1.54) is 437 Å². The second-order valence-corrected chi connectivity index (χ2v) is 47.5. The van der Waals surface area contributed by atoms with Crippen molar-refractivity contribution in [3.8, 4) is 0 Å². The summed E-state index contributed by atoms with van der Waals surface area (Å²) in [5.74, 6) is 1.65. The highest BCUT2D eigenvalue weighted by atomic mass is 16.5. The summed E-state index contributed by atoms with van der Waals surface area (Å²) in [5.41, 5.74) is 0. The third-order valence-electron chi connectivity index (χ3n) is 36.6. The number of carboxylic acid groups (broad SMARTS) is 2. The van der Waals surface area contributed by atoms with E-state index in [-0.39, 0.29) is 71.8 Å². The molecule has 0 radical (unpaired) electrons. The lowest BCUT2D eigenvalue weighted by Gasteiger charge is -2.53. The first-order valence-electron chi connectivity index (χ1n) is 63.8. The van der Waals surface area contributed by atoms with Crippen LogP contribution in [0.5, 0.6) is 0 Å². The van der Waals surface area contributed by atoms with Crippen LogP contribution in [0.1, 0.15) is 629 Å². The van der Waals surface area contributed by atoms with Crippen LogP contribution in [0.2, 0.25) is 0 Å². The van der Waals surface area contributed by atoms with Crippen LogP contribution in [0, 0.1) is 71.0 Å². The first-order valence-corrected chi connectivity index (χ1v) is 63.8. The highest BCUT2D eigenvalue weighted by Crippen LogP contribution is 2.61. The Morgan fingerprint density at radius 1 is 0.234 bits per heavy atom. The van der Waals surface area contributed by atoms with Crippen molar-refractivity contribution in [2.75, 3.05) is 52.4 Å². The molecule has 137 heavy (non-hydrogen) atoms. The first kappa shape index (κ1) is 124. The number of hydrogen-bond acceptors (Lipinski definition) is 8. The summed E-state index contributed by atoms with van der Waals surface area (Å²) in [6, 6.07) is 1.89. The molecule has 0 spiro atoms. The molecule has 2 N–H and O–H groups in total. The molecule has 0 aromatic carbocycles. The summed E-state index contributed by atoms with van der Waals surface area (Å²) in [7, 11) is 0. The van der Waals surface area contributed by atoms with Crippen molar-refractivity contribution in [2.45, 2.75) is 677 Å². The summed E-state index contributed by atoms with van der Waals surface area (Å²) < 4.78 is 16.1. The van der Waals surface area contributed by atoms with Gasteiger partial charge in [-0.3, -0.25) is 9.59 Å². The predicted molar refractivity (Wildman–Crippen MR) is 596 cm³/mol. The average Bonchev–Trinajstić information content (AvgIpc) is 0.740. The molecule has 804 valence electrons. The zero-order valence-corrected chi connectivity index (χ0v) is 94.5. The number of unbranched alkanes of at least 4 members (excludes halogenated alkanes) is 58. The molecule has 18 atom stereocenters. The molecule has 0 bridgehead atoms. The van der Waals surface area contributed by atoms with Crippen molar-refractivity contribution in [3.63, 3.8) is 0 Å². The molecule has 4 aliphatic carbocycles. The minimum Gasteiger partial charge on any atom is -0.481 e.